The molecule has 0 aliphatic heterocycles. The van der Waals surface area contributed by atoms with Crippen LogP contribution in [-0.2, 0) is 4.79 Å². The van der Waals surface area contributed by atoms with E-state index in [9.17, 15) is 9.90 Å². The molecule has 0 aromatic carbocycles. The van der Waals surface area contributed by atoms with Crippen molar-refractivity contribution in [1.29, 1.82) is 0 Å². The SMILES string of the molecule is C=C(C)CCCC(C)C1CCC2(C)C3CCC4C(C)(C)C(=O)CC(O)C4(C)C3CCC12C. The van der Waals surface area contributed by atoms with Gasteiger partial charge in [-0.3, -0.25) is 4.79 Å². The van der Waals surface area contributed by atoms with E-state index in [4.69, 9.17) is 0 Å². The van der Waals surface area contributed by atoms with Crippen molar-refractivity contribution < 1.29 is 9.90 Å². The molecule has 182 valence electrons. The topological polar surface area (TPSA) is 37.3 Å². The Morgan fingerprint density at radius 1 is 1.03 bits per heavy atom. The van der Waals surface area contributed by atoms with Gasteiger partial charge in [0.05, 0.1) is 6.10 Å². The van der Waals surface area contributed by atoms with Crippen LogP contribution in [0, 0.1) is 51.2 Å². The van der Waals surface area contributed by atoms with E-state index in [0.29, 0.717) is 35.0 Å². The molecule has 32 heavy (non-hydrogen) atoms. The number of carbonyl (C=O) groups is 1. The molecule has 0 bridgehead atoms. The van der Waals surface area contributed by atoms with Crippen LogP contribution in [0.15, 0.2) is 12.2 Å². The number of ketones is 1. The first-order valence-corrected chi connectivity index (χ1v) is 13.7. The Balaban J connectivity index is 1.60. The van der Waals surface area contributed by atoms with E-state index in [-0.39, 0.29) is 16.6 Å². The lowest BCUT2D eigenvalue weighted by molar-refractivity contribution is -0.213. The number of hydrogen-bond donors (Lipinski definition) is 1. The van der Waals surface area contributed by atoms with E-state index >= 15 is 0 Å². The number of fused-ring (bicyclic) bond motifs is 5. The molecular formula is C30H50O2. The predicted octanol–water partition coefficient (Wildman–Crippen LogP) is 7.59. The highest BCUT2D eigenvalue weighted by molar-refractivity contribution is 5.86. The minimum atomic E-state index is -0.466. The molecule has 9 unspecified atom stereocenters. The van der Waals surface area contributed by atoms with Crippen molar-refractivity contribution in [3.8, 4) is 0 Å². The molecule has 0 aromatic rings. The third-order valence-corrected chi connectivity index (χ3v) is 12.3. The number of aliphatic hydroxyl groups excluding tert-OH is 1. The minimum Gasteiger partial charge on any atom is -0.392 e. The van der Waals surface area contributed by atoms with Crippen LogP contribution in [0.5, 0.6) is 0 Å². The Morgan fingerprint density at radius 2 is 1.69 bits per heavy atom. The average Bonchev–Trinajstić information content (AvgIpc) is 2.98. The fourth-order valence-corrected chi connectivity index (χ4v) is 10.2. The third kappa shape index (κ3) is 3.24. The summed E-state index contributed by atoms with van der Waals surface area (Å²) in [5, 5.41) is 11.3. The molecule has 0 spiro atoms. The molecule has 0 heterocycles. The summed E-state index contributed by atoms with van der Waals surface area (Å²) < 4.78 is 0. The van der Waals surface area contributed by atoms with E-state index in [0.717, 1.165) is 18.3 Å². The Bertz CT molecular complexity index is 767. The standard InChI is InChI=1S/C30H50O2/c1-19(2)10-9-11-20(3)21-14-16-29(7)22-12-13-24-27(4,5)25(31)18-26(32)30(24,8)23(22)15-17-28(21,29)6/h20-24,26,32H,1,9-18H2,2-8H3. The summed E-state index contributed by atoms with van der Waals surface area (Å²) in [7, 11) is 0. The Morgan fingerprint density at radius 3 is 2.34 bits per heavy atom. The van der Waals surface area contributed by atoms with Crippen molar-refractivity contribution in [2.45, 2.75) is 119 Å². The van der Waals surface area contributed by atoms with E-state index in [1.807, 2.05) is 0 Å². The first-order valence-electron chi connectivity index (χ1n) is 13.7. The zero-order chi connectivity index (χ0) is 23.7. The lowest BCUT2D eigenvalue weighted by atomic mass is 9.37. The lowest BCUT2D eigenvalue weighted by Gasteiger charge is -2.67. The zero-order valence-corrected chi connectivity index (χ0v) is 22.1. The highest BCUT2D eigenvalue weighted by Gasteiger charge is 2.69. The summed E-state index contributed by atoms with van der Waals surface area (Å²) >= 11 is 0. The van der Waals surface area contributed by atoms with E-state index in [1.165, 1.54) is 56.9 Å². The van der Waals surface area contributed by atoms with Gasteiger partial charge in [0, 0.05) is 17.3 Å². The van der Waals surface area contributed by atoms with Crippen molar-refractivity contribution in [3.63, 3.8) is 0 Å². The van der Waals surface area contributed by atoms with Crippen LogP contribution >= 0.6 is 0 Å². The van der Waals surface area contributed by atoms with Crippen LogP contribution in [0.2, 0.25) is 0 Å². The van der Waals surface area contributed by atoms with Crippen molar-refractivity contribution in [1.82, 2.24) is 0 Å². The van der Waals surface area contributed by atoms with Gasteiger partial charge in [-0.2, -0.15) is 0 Å². The smallest absolute Gasteiger partial charge is 0.141 e. The Kier molecular flexibility index (Phi) is 6.09. The fourth-order valence-electron chi connectivity index (χ4n) is 10.2. The third-order valence-electron chi connectivity index (χ3n) is 12.3. The summed E-state index contributed by atoms with van der Waals surface area (Å²) in [6.07, 6.45) is 11.3. The van der Waals surface area contributed by atoms with Gasteiger partial charge in [-0.05, 0) is 98.7 Å². The number of Topliss-reactive ketones (excluding diaryl/α,β-unsaturated/α-hetero) is 1. The minimum absolute atomic E-state index is 0.115. The predicted molar refractivity (Wildman–Crippen MR) is 133 cm³/mol. The van der Waals surface area contributed by atoms with Crippen LogP contribution in [0.1, 0.15) is 113 Å². The van der Waals surface area contributed by atoms with E-state index < -0.39 is 6.10 Å². The number of allylic oxidation sites excluding steroid dienone is 1. The second-order valence-corrected chi connectivity index (χ2v) is 13.9. The van der Waals surface area contributed by atoms with Gasteiger partial charge in [0.25, 0.3) is 0 Å². The summed E-state index contributed by atoms with van der Waals surface area (Å²) in [6, 6.07) is 0. The number of hydrogen-bond acceptors (Lipinski definition) is 2. The number of rotatable bonds is 5. The van der Waals surface area contributed by atoms with Gasteiger partial charge in [0.2, 0.25) is 0 Å². The largest absolute Gasteiger partial charge is 0.392 e. The second kappa shape index (κ2) is 7.96. The van der Waals surface area contributed by atoms with Crippen LogP contribution in [-0.4, -0.2) is 17.0 Å². The average molecular weight is 443 g/mol. The fraction of sp³-hybridized carbons (Fsp3) is 0.900. The summed E-state index contributed by atoms with van der Waals surface area (Å²) in [4.78, 5) is 12.9. The maximum atomic E-state index is 12.9. The number of carbonyl (C=O) groups excluding carboxylic acids is 1. The molecule has 4 aliphatic rings. The lowest BCUT2D eigenvalue weighted by Crippen LogP contribution is -2.65. The summed E-state index contributed by atoms with van der Waals surface area (Å²) in [5.41, 5.74) is 1.68. The maximum Gasteiger partial charge on any atom is 0.141 e. The van der Waals surface area contributed by atoms with Crippen molar-refractivity contribution in [2.24, 2.45) is 51.2 Å². The molecule has 0 aromatic heterocycles. The molecule has 9 atom stereocenters. The van der Waals surface area contributed by atoms with E-state index in [2.05, 4.69) is 55.0 Å². The molecule has 1 N–H and O–H groups in total. The van der Waals surface area contributed by atoms with Gasteiger partial charge in [0.15, 0.2) is 0 Å². The summed E-state index contributed by atoms with van der Waals surface area (Å²) in [6.45, 7) is 20.7. The molecule has 4 rings (SSSR count). The normalized spacial score (nSPS) is 48.5. The van der Waals surface area contributed by atoms with Crippen LogP contribution in [0.4, 0.5) is 0 Å². The molecule has 4 aliphatic carbocycles. The molecule has 4 saturated carbocycles. The van der Waals surface area contributed by atoms with Gasteiger partial charge in [0.1, 0.15) is 5.78 Å². The van der Waals surface area contributed by atoms with Crippen molar-refractivity contribution in [2.75, 3.05) is 0 Å². The van der Waals surface area contributed by atoms with Crippen LogP contribution in [0.3, 0.4) is 0 Å². The van der Waals surface area contributed by atoms with Gasteiger partial charge >= 0.3 is 0 Å². The molecular weight excluding hydrogens is 392 g/mol. The molecule has 2 nitrogen and oxygen atoms in total. The van der Waals surface area contributed by atoms with Crippen LogP contribution < -0.4 is 0 Å². The quantitative estimate of drug-likeness (QED) is 0.445. The van der Waals surface area contributed by atoms with Gasteiger partial charge in [-0.1, -0.05) is 53.5 Å². The molecule has 0 amide bonds. The highest BCUT2D eigenvalue weighted by Crippen LogP contribution is 2.74. The van der Waals surface area contributed by atoms with Crippen molar-refractivity contribution >= 4 is 5.78 Å². The molecule has 4 fully saturated rings. The molecule has 0 saturated heterocycles. The Hall–Kier alpha value is -0.630. The van der Waals surface area contributed by atoms with Crippen molar-refractivity contribution in [3.05, 3.63) is 12.2 Å². The molecule has 0 radical (unpaired) electrons. The molecule has 2 heteroatoms. The zero-order valence-electron chi connectivity index (χ0n) is 22.1. The maximum absolute atomic E-state index is 12.9. The van der Waals surface area contributed by atoms with Gasteiger partial charge < -0.3 is 5.11 Å². The monoisotopic (exact) mass is 442 g/mol. The first kappa shape index (κ1) is 24.5. The van der Waals surface area contributed by atoms with Crippen LogP contribution in [0.25, 0.3) is 0 Å². The van der Waals surface area contributed by atoms with Gasteiger partial charge in [-0.15, -0.1) is 6.58 Å². The second-order valence-electron chi connectivity index (χ2n) is 13.9. The summed E-state index contributed by atoms with van der Waals surface area (Å²) in [5.74, 6) is 3.44. The van der Waals surface area contributed by atoms with E-state index in [1.54, 1.807) is 0 Å². The first-order chi connectivity index (χ1) is 14.8. The highest BCUT2D eigenvalue weighted by atomic mass is 16.3. The van der Waals surface area contributed by atoms with Gasteiger partial charge in [-0.25, -0.2) is 0 Å². The number of aliphatic hydroxyl groups is 1. The Labute approximate surface area is 198 Å².